The van der Waals surface area contributed by atoms with E-state index in [1.54, 1.807) is 0 Å². The molecule has 2 aliphatic rings. The van der Waals surface area contributed by atoms with Crippen molar-refractivity contribution in [3.8, 4) is 0 Å². The lowest BCUT2D eigenvalue weighted by Crippen LogP contribution is -2.23. The van der Waals surface area contributed by atoms with Crippen LogP contribution in [0, 0.1) is 11.8 Å². The Hall–Kier alpha value is 0.310. The summed E-state index contributed by atoms with van der Waals surface area (Å²) in [4.78, 5) is 0. The maximum atomic E-state index is 3.60. The average Bonchev–Trinajstić information content (AvgIpc) is 2.87. The smallest absolute Gasteiger partial charge is 0.00582 e. The van der Waals surface area contributed by atoms with Gasteiger partial charge in [-0.05, 0) is 49.8 Å². The van der Waals surface area contributed by atoms with Gasteiger partial charge in [-0.2, -0.15) is 11.8 Å². The minimum absolute atomic E-state index is 1.00. The van der Waals surface area contributed by atoms with Crippen LogP contribution >= 0.6 is 11.8 Å². The van der Waals surface area contributed by atoms with E-state index in [1.807, 2.05) is 0 Å². The summed E-state index contributed by atoms with van der Waals surface area (Å²) in [6, 6.07) is 0. The van der Waals surface area contributed by atoms with Crippen molar-refractivity contribution in [2.45, 2.75) is 38.5 Å². The molecule has 0 saturated heterocycles. The van der Waals surface area contributed by atoms with Crippen molar-refractivity contribution >= 4 is 11.8 Å². The number of nitrogens with one attached hydrogen (secondary N) is 1. The summed E-state index contributed by atoms with van der Waals surface area (Å²) in [5, 5.41) is 3.60. The fraction of sp³-hybridized carbons (Fsp3) is 1.00. The Morgan fingerprint density at radius 2 is 1.79 bits per heavy atom. The van der Waals surface area contributed by atoms with Gasteiger partial charge in [-0.15, -0.1) is 0 Å². The average molecular weight is 213 g/mol. The molecular weight excluding hydrogens is 190 g/mol. The van der Waals surface area contributed by atoms with Gasteiger partial charge in [0.2, 0.25) is 0 Å². The molecule has 0 aliphatic heterocycles. The van der Waals surface area contributed by atoms with Gasteiger partial charge in [-0.25, -0.2) is 0 Å². The van der Waals surface area contributed by atoms with Crippen molar-refractivity contribution in [1.82, 2.24) is 5.32 Å². The Morgan fingerprint density at radius 1 is 1.00 bits per heavy atom. The Balaban J connectivity index is 1.35. The second-order valence-corrected chi connectivity index (χ2v) is 6.02. The highest BCUT2D eigenvalue weighted by Crippen LogP contribution is 2.32. The van der Waals surface area contributed by atoms with Crippen molar-refractivity contribution in [2.24, 2.45) is 11.8 Å². The second-order valence-electron chi connectivity index (χ2n) is 4.87. The van der Waals surface area contributed by atoms with Crippen LogP contribution in [-0.4, -0.2) is 24.6 Å². The van der Waals surface area contributed by atoms with E-state index in [0.29, 0.717) is 0 Å². The van der Waals surface area contributed by atoms with Crippen LogP contribution in [0.4, 0.5) is 0 Å². The predicted molar refractivity (Wildman–Crippen MR) is 64.9 cm³/mol. The Bertz CT molecular complexity index is 150. The summed E-state index contributed by atoms with van der Waals surface area (Å²) < 4.78 is 0. The highest BCUT2D eigenvalue weighted by molar-refractivity contribution is 7.99. The van der Waals surface area contributed by atoms with Crippen molar-refractivity contribution in [3.05, 3.63) is 0 Å². The molecule has 2 aliphatic carbocycles. The largest absolute Gasteiger partial charge is 0.316 e. The highest BCUT2D eigenvalue weighted by atomic mass is 32.2. The molecule has 0 atom stereocenters. The van der Waals surface area contributed by atoms with Gasteiger partial charge < -0.3 is 5.32 Å². The quantitative estimate of drug-likeness (QED) is 0.653. The van der Waals surface area contributed by atoms with Gasteiger partial charge >= 0.3 is 0 Å². The third kappa shape index (κ3) is 4.22. The van der Waals surface area contributed by atoms with Gasteiger partial charge in [0.1, 0.15) is 0 Å². The molecular formula is C12H23NS. The van der Waals surface area contributed by atoms with Gasteiger partial charge in [0.25, 0.3) is 0 Å². The van der Waals surface area contributed by atoms with Crippen molar-refractivity contribution in [3.63, 3.8) is 0 Å². The third-order valence-electron chi connectivity index (χ3n) is 3.38. The van der Waals surface area contributed by atoms with Crippen LogP contribution in [0.5, 0.6) is 0 Å². The molecule has 0 bridgehead atoms. The molecule has 0 radical (unpaired) electrons. The molecule has 1 N–H and O–H groups in total. The molecule has 2 heteroatoms. The van der Waals surface area contributed by atoms with E-state index >= 15 is 0 Å². The highest BCUT2D eigenvalue weighted by Gasteiger charge is 2.20. The summed E-state index contributed by atoms with van der Waals surface area (Å²) in [5.41, 5.74) is 0. The van der Waals surface area contributed by atoms with Crippen LogP contribution in [0.15, 0.2) is 0 Å². The van der Waals surface area contributed by atoms with Crippen molar-refractivity contribution in [2.75, 3.05) is 24.6 Å². The molecule has 2 fully saturated rings. The molecule has 0 heterocycles. The predicted octanol–water partition coefficient (Wildman–Crippen LogP) is 2.91. The molecule has 0 aromatic carbocycles. The Kier molecular flexibility index (Phi) is 4.65. The second kappa shape index (κ2) is 6.02. The summed E-state index contributed by atoms with van der Waals surface area (Å²) in [6.07, 6.45) is 8.90. The molecule has 0 unspecified atom stereocenters. The summed E-state index contributed by atoms with van der Waals surface area (Å²) in [5.74, 6) is 4.84. The van der Waals surface area contributed by atoms with Gasteiger partial charge in [-0.3, -0.25) is 0 Å². The van der Waals surface area contributed by atoms with Gasteiger partial charge in [0.15, 0.2) is 0 Å². The Labute approximate surface area is 92.4 Å². The minimum Gasteiger partial charge on any atom is -0.316 e. The maximum absolute atomic E-state index is 3.60. The SMILES string of the molecule is C1CCC(CNCCSCC2CC2)C1. The standard InChI is InChI=1S/C12H23NS/c1-2-4-11(3-1)9-13-7-8-14-10-12-5-6-12/h11-13H,1-10H2. The molecule has 14 heavy (non-hydrogen) atoms. The van der Waals surface area contributed by atoms with Crippen LogP contribution in [0.2, 0.25) is 0 Å². The lowest BCUT2D eigenvalue weighted by molar-refractivity contribution is 0.500. The molecule has 82 valence electrons. The van der Waals surface area contributed by atoms with Crippen molar-refractivity contribution < 1.29 is 0 Å². The van der Waals surface area contributed by atoms with E-state index in [1.165, 1.54) is 63.1 Å². The number of hydrogen-bond donors (Lipinski definition) is 1. The van der Waals surface area contributed by atoms with E-state index in [9.17, 15) is 0 Å². The topological polar surface area (TPSA) is 12.0 Å². The first-order valence-corrected chi connectivity index (χ1v) is 7.39. The lowest BCUT2D eigenvalue weighted by Gasteiger charge is -2.09. The molecule has 0 amide bonds. The molecule has 1 nitrogen and oxygen atoms in total. The first-order valence-electron chi connectivity index (χ1n) is 6.23. The van der Waals surface area contributed by atoms with E-state index in [2.05, 4.69) is 17.1 Å². The normalized spacial score (nSPS) is 23.1. The Morgan fingerprint density at radius 3 is 2.50 bits per heavy atom. The summed E-state index contributed by atoms with van der Waals surface area (Å²) in [6.45, 7) is 2.51. The maximum Gasteiger partial charge on any atom is 0.00582 e. The van der Waals surface area contributed by atoms with Crippen LogP contribution in [0.25, 0.3) is 0 Å². The lowest BCUT2D eigenvalue weighted by atomic mass is 10.1. The van der Waals surface area contributed by atoms with Gasteiger partial charge in [0, 0.05) is 12.3 Å². The number of rotatable bonds is 7. The minimum atomic E-state index is 1.00. The first-order chi connectivity index (χ1) is 6.95. The van der Waals surface area contributed by atoms with Crippen molar-refractivity contribution in [1.29, 1.82) is 0 Å². The van der Waals surface area contributed by atoms with E-state index < -0.39 is 0 Å². The zero-order valence-electron chi connectivity index (χ0n) is 9.13. The zero-order chi connectivity index (χ0) is 9.64. The van der Waals surface area contributed by atoms with Crippen LogP contribution < -0.4 is 5.32 Å². The van der Waals surface area contributed by atoms with Gasteiger partial charge in [-0.1, -0.05) is 12.8 Å². The molecule has 0 aromatic rings. The number of thioether (sulfide) groups is 1. The first kappa shape index (κ1) is 10.8. The third-order valence-corrected chi connectivity index (χ3v) is 4.58. The summed E-state index contributed by atoms with van der Waals surface area (Å²) in [7, 11) is 0. The molecule has 2 saturated carbocycles. The fourth-order valence-electron chi connectivity index (χ4n) is 2.20. The number of hydrogen-bond acceptors (Lipinski definition) is 2. The zero-order valence-corrected chi connectivity index (χ0v) is 9.95. The molecule has 2 rings (SSSR count). The van der Waals surface area contributed by atoms with Crippen LogP contribution in [0.3, 0.4) is 0 Å². The van der Waals surface area contributed by atoms with E-state index in [0.717, 1.165) is 11.8 Å². The molecule has 0 aromatic heterocycles. The fourth-order valence-corrected chi connectivity index (χ4v) is 3.32. The van der Waals surface area contributed by atoms with E-state index in [-0.39, 0.29) is 0 Å². The van der Waals surface area contributed by atoms with Crippen LogP contribution in [-0.2, 0) is 0 Å². The monoisotopic (exact) mass is 213 g/mol. The van der Waals surface area contributed by atoms with Gasteiger partial charge in [0.05, 0.1) is 0 Å². The summed E-state index contributed by atoms with van der Waals surface area (Å²) >= 11 is 2.14. The molecule has 0 spiro atoms. The van der Waals surface area contributed by atoms with E-state index in [4.69, 9.17) is 0 Å². The van der Waals surface area contributed by atoms with Crippen LogP contribution in [0.1, 0.15) is 38.5 Å².